The number of nitrogens with one attached hydrogen (secondary N) is 1. The summed E-state index contributed by atoms with van der Waals surface area (Å²) in [6, 6.07) is 6.96. The van der Waals surface area contributed by atoms with Crippen LogP contribution >= 0.6 is 12.2 Å². The number of carbonyl (C=O) groups excluding carboxylic acids is 1. The number of hydrogen-bond acceptors (Lipinski definition) is 5. The lowest BCUT2D eigenvalue weighted by atomic mass is 9.95. The smallest absolute Gasteiger partial charge is 0.338 e. The average molecular weight is 335 g/mol. The molecule has 1 aromatic carbocycles. The molecule has 1 aliphatic rings. The molecular weight excluding hydrogens is 314 g/mol. The molecule has 7 heteroatoms. The molecule has 1 atom stereocenters. The van der Waals surface area contributed by atoms with Crippen molar-refractivity contribution in [3.05, 3.63) is 41.1 Å². The molecule has 0 unspecified atom stereocenters. The fourth-order valence-corrected chi connectivity index (χ4v) is 2.59. The first-order valence-corrected chi connectivity index (χ1v) is 7.63. The molecule has 0 saturated heterocycles. The highest BCUT2D eigenvalue weighted by Crippen LogP contribution is 2.31. The number of allylic oxidation sites excluding steroid dienone is 1. The van der Waals surface area contributed by atoms with Crippen molar-refractivity contribution in [2.75, 3.05) is 33.1 Å². The number of methoxy groups -OCH3 is 1. The number of thiocarbonyl (C=S) groups is 1. The van der Waals surface area contributed by atoms with Crippen LogP contribution in [0.25, 0.3) is 0 Å². The van der Waals surface area contributed by atoms with Gasteiger partial charge in [0.25, 0.3) is 0 Å². The van der Waals surface area contributed by atoms with Crippen molar-refractivity contribution in [1.82, 2.24) is 10.2 Å². The number of nitrogens with two attached hydrogens (primary N) is 1. The zero-order chi connectivity index (χ0) is 17.0. The number of esters is 1. The van der Waals surface area contributed by atoms with Gasteiger partial charge in [-0.05, 0) is 36.8 Å². The quantitative estimate of drug-likeness (QED) is 0.366. The van der Waals surface area contributed by atoms with Gasteiger partial charge >= 0.3 is 5.97 Å². The SMILES string of the molecule is COCCOC(=O)C1=C(C)N(C)C(=S)N[C@@H]1c1ccc(N)cc1. The van der Waals surface area contributed by atoms with E-state index in [1.165, 1.54) is 0 Å². The Hall–Kier alpha value is -2.12. The van der Waals surface area contributed by atoms with E-state index < -0.39 is 0 Å². The highest BCUT2D eigenvalue weighted by atomic mass is 32.1. The second-order valence-electron chi connectivity index (χ2n) is 5.24. The number of carbonyl (C=O) groups is 1. The van der Waals surface area contributed by atoms with Crippen molar-refractivity contribution >= 4 is 29.0 Å². The van der Waals surface area contributed by atoms with E-state index in [0.717, 1.165) is 11.3 Å². The lowest BCUT2D eigenvalue weighted by molar-refractivity contribution is -0.140. The first-order chi connectivity index (χ1) is 11.0. The number of hydrogen-bond donors (Lipinski definition) is 2. The van der Waals surface area contributed by atoms with Gasteiger partial charge in [0.05, 0.1) is 18.2 Å². The third kappa shape index (κ3) is 3.80. The minimum atomic E-state index is -0.386. The van der Waals surface area contributed by atoms with Gasteiger partial charge in [0.2, 0.25) is 0 Å². The van der Waals surface area contributed by atoms with Crippen LogP contribution in [0.3, 0.4) is 0 Å². The van der Waals surface area contributed by atoms with E-state index >= 15 is 0 Å². The lowest BCUT2D eigenvalue weighted by Crippen LogP contribution is -2.46. The van der Waals surface area contributed by atoms with Crippen LogP contribution < -0.4 is 11.1 Å². The van der Waals surface area contributed by atoms with Crippen molar-refractivity contribution in [3.63, 3.8) is 0 Å². The zero-order valence-corrected chi connectivity index (χ0v) is 14.3. The van der Waals surface area contributed by atoms with Gasteiger partial charge in [-0.15, -0.1) is 0 Å². The van der Waals surface area contributed by atoms with E-state index in [1.54, 1.807) is 24.1 Å². The standard InChI is InChI=1S/C16H21N3O3S/c1-10-13(15(20)22-9-8-21-3)14(18-16(23)19(10)2)11-4-6-12(17)7-5-11/h4-7,14H,8-9,17H2,1-3H3,(H,18,23)/t14-/m1/s1. The fourth-order valence-electron chi connectivity index (χ4n) is 2.33. The van der Waals surface area contributed by atoms with Crippen LogP contribution in [0, 0.1) is 0 Å². The normalized spacial score (nSPS) is 18.0. The Labute approximate surface area is 141 Å². The Morgan fingerprint density at radius 2 is 2.00 bits per heavy atom. The second-order valence-corrected chi connectivity index (χ2v) is 5.62. The molecule has 0 radical (unpaired) electrons. The second kappa shape index (κ2) is 7.43. The van der Waals surface area contributed by atoms with E-state index in [-0.39, 0.29) is 18.6 Å². The van der Waals surface area contributed by atoms with E-state index in [9.17, 15) is 4.79 Å². The molecule has 0 amide bonds. The van der Waals surface area contributed by atoms with Crippen LogP contribution in [0.15, 0.2) is 35.5 Å². The van der Waals surface area contributed by atoms with Crippen LogP contribution in [0.5, 0.6) is 0 Å². The van der Waals surface area contributed by atoms with Gasteiger partial charge in [0.1, 0.15) is 6.61 Å². The molecule has 0 bridgehead atoms. The maximum Gasteiger partial charge on any atom is 0.338 e. The van der Waals surface area contributed by atoms with Crippen molar-refractivity contribution in [1.29, 1.82) is 0 Å². The molecule has 2 rings (SSSR count). The highest BCUT2D eigenvalue weighted by molar-refractivity contribution is 7.80. The number of anilines is 1. The van der Waals surface area contributed by atoms with E-state index in [2.05, 4.69) is 5.32 Å². The summed E-state index contributed by atoms with van der Waals surface area (Å²) in [5.74, 6) is -0.386. The molecule has 1 aromatic rings. The summed E-state index contributed by atoms with van der Waals surface area (Å²) in [6.07, 6.45) is 0. The van der Waals surface area contributed by atoms with E-state index in [0.29, 0.717) is 23.0 Å². The van der Waals surface area contributed by atoms with Crippen molar-refractivity contribution in [2.24, 2.45) is 0 Å². The molecule has 1 heterocycles. The number of rotatable bonds is 5. The van der Waals surface area contributed by atoms with Crippen LogP contribution in [0.4, 0.5) is 5.69 Å². The van der Waals surface area contributed by atoms with Gasteiger partial charge in [-0.1, -0.05) is 12.1 Å². The summed E-state index contributed by atoms with van der Waals surface area (Å²) in [5.41, 5.74) is 8.59. The summed E-state index contributed by atoms with van der Waals surface area (Å²) in [7, 11) is 3.37. The summed E-state index contributed by atoms with van der Waals surface area (Å²) in [4.78, 5) is 14.3. The largest absolute Gasteiger partial charge is 0.460 e. The van der Waals surface area contributed by atoms with Crippen molar-refractivity contribution in [3.8, 4) is 0 Å². The molecule has 0 aromatic heterocycles. The Bertz CT molecular complexity index is 628. The summed E-state index contributed by atoms with van der Waals surface area (Å²) < 4.78 is 10.2. The third-order valence-electron chi connectivity index (χ3n) is 3.76. The molecule has 0 saturated carbocycles. The lowest BCUT2D eigenvalue weighted by Gasteiger charge is -2.35. The van der Waals surface area contributed by atoms with Crippen LogP contribution in [0.1, 0.15) is 18.5 Å². The van der Waals surface area contributed by atoms with E-state index in [4.69, 9.17) is 27.4 Å². The molecule has 6 nitrogen and oxygen atoms in total. The fraction of sp³-hybridized carbons (Fsp3) is 0.375. The van der Waals surface area contributed by atoms with Gasteiger partial charge in [-0.2, -0.15) is 0 Å². The third-order valence-corrected chi connectivity index (χ3v) is 4.16. The Morgan fingerprint density at radius 1 is 1.35 bits per heavy atom. The number of ether oxygens (including phenoxy) is 2. The van der Waals surface area contributed by atoms with Crippen molar-refractivity contribution in [2.45, 2.75) is 13.0 Å². The predicted molar refractivity (Wildman–Crippen MR) is 92.6 cm³/mol. The minimum Gasteiger partial charge on any atom is -0.460 e. The Morgan fingerprint density at radius 3 is 2.61 bits per heavy atom. The topological polar surface area (TPSA) is 76.8 Å². The molecule has 23 heavy (non-hydrogen) atoms. The number of benzene rings is 1. The number of nitrogen functional groups attached to an aromatic ring is 1. The average Bonchev–Trinajstić information content (AvgIpc) is 2.53. The first kappa shape index (κ1) is 17.2. The van der Waals surface area contributed by atoms with Gasteiger partial charge < -0.3 is 25.4 Å². The molecule has 1 aliphatic heterocycles. The maximum absolute atomic E-state index is 12.5. The zero-order valence-electron chi connectivity index (χ0n) is 13.5. The molecule has 0 fully saturated rings. The maximum atomic E-state index is 12.5. The van der Waals surface area contributed by atoms with Crippen LogP contribution in [-0.4, -0.2) is 43.4 Å². The molecule has 0 spiro atoms. The van der Waals surface area contributed by atoms with Gasteiger partial charge in [-0.25, -0.2) is 4.79 Å². The van der Waals surface area contributed by atoms with Crippen LogP contribution in [-0.2, 0) is 14.3 Å². The predicted octanol–water partition coefficient (Wildman–Crippen LogP) is 1.59. The van der Waals surface area contributed by atoms with Crippen LogP contribution in [0.2, 0.25) is 0 Å². The molecule has 0 aliphatic carbocycles. The van der Waals surface area contributed by atoms with E-state index in [1.807, 2.05) is 26.1 Å². The van der Waals surface area contributed by atoms with Gasteiger partial charge in [0, 0.05) is 25.5 Å². The summed E-state index contributed by atoms with van der Waals surface area (Å²) >= 11 is 5.34. The Balaban J connectivity index is 2.35. The first-order valence-electron chi connectivity index (χ1n) is 7.22. The Kier molecular flexibility index (Phi) is 5.57. The van der Waals surface area contributed by atoms with Crippen molar-refractivity contribution < 1.29 is 14.3 Å². The summed E-state index contributed by atoms with van der Waals surface area (Å²) in [5, 5.41) is 3.73. The molecular formula is C16H21N3O3S. The van der Waals surface area contributed by atoms with Gasteiger partial charge in [-0.3, -0.25) is 0 Å². The van der Waals surface area contributed by atoms with Gasteiger partial charge in [0.15, 0.2) is 5.11 Å². The monoisotopic (exact) mass is 335 g/mol. The minimum absolute atomic E-state index is 0.203. The summed E-state index contributed by atoms with van der Waals surface area (Å²) in [6.45, 7) is 2.41. The highest BCUT2D eigenvalue weighted by Gasteiger charge is 2.33. The molecule has 3 N–H and O–H groups in total. The molecule has 124 valence electrons. The number of nitrogens with zero attached hydrogens (tertiary/aromatic N) is 1.